The number of hydrogen-bond acceptors (Lipinski definition) is 3. The van der Waals surface area contributed by atoms with Gasteiger partial charge in [-0.25, -0.2) is 4.39 Å². The molecule has 0 aromatic heterocycles. The fourth-order valence-electron chi connectivity index (χ4n) is 4.74. The van der Waals surface area contributed by atoms with Crippen LogP contribution in [0.5, 0.6) is 0 Å². The predicted octanol–water partition coefficient (Wildman–Crippen LogP) is 3.41. The lowest BCUT2D eigenvalue weighted by molar-refractivity contribution is -0.145. The summed E-state index contributed by atoms with van der Waals surface area (Å²) in [6.07, 6.45) is 2.85. The number of ether oxygens (including phenoxy) is 1. The van der Waals surface area contributed by atoms with Gasteiger partial charge in [-0.15, -0.1) is 0 Å². The molecule has 1 aromatic carbocycles. The highest BCUT2D eigenvalue weighted by Crippen LogP contribution is 2.48. The molecule has 1 saturated heterocycles. The van der Waals surface area contributed by atoms with Gasteiger partial charge in [0.15, 0.2) is 0 Å². The largest absolute Gasteiger partial charge is 0.370 e. The SMILES string of the molecule is NC1C2CCC(C2)C1C(=O)N1CCOC(c2cc(F)c(Cl)cc2Cl)C1. The van der Waals surface area contributed by atoms with E-state index in [0.717, 1.165) is 19.3 Å². The Kier molecular flexibility index (Phi) is 4.69. The Hall–Kier alpha value is -0.880. The summed E-state index contributed by atoms with van der Waals surface area (Å²) >= 11 is 12.0. The van der Waals surface area contributed by atoms with Crippen molar-refractivity contribution in [2.24, 2.45) is 23.5 Å². The molecule has 1 aliphatic heterocycles. The quantitative estimate of drug-likeness (QED) is 0.792. The molecular weight excluding hydrogens is 366 g/mol. The van der Waals surface area contributed by atoms with Crippen LogP contribution < -0.4 is 5.73 Å². The van der Waals surface area contributed by atoms with Crippen LogP contribution in [0, 0.1) is 23.6 Å². The minimum atomic E-state index is -0.539. The molecular formula is C18H21Cl2FN2O2. The van der Waals surface area contributed by atoms with E-state index < -0.39 is 11.9 Å². The van der Waals surface area contributed by atoms with Crippen LogP contribution in [0.2, 0.25) is 10.0 Å². The van der Waals surface area contributed by atoms with Crippen molar-refractivity contribution in [1.29, 1.82) is 0 Å². The summed E-state index contributed by atoms with van der Waals surface area (Å²) in [6, 6.07) is 2.64. The maximum atomic E-state index is 13.8. The van der Waals surface area contributed by atoms with Crippen LogP contribution in [-0.4, -0.2) is 36.5 Å². The van der Waals surface area contributed by atoms with Gasteiger partial charge in [0, 0.05) is 23.2 Å². The summed E-state index contributed by atoms with van der Waals surface area (Å²) in [7, 11) is 0. The van der Waals surface area contributed by atoms with E-state index in [1.165, 1.54) is 12.1 Å². The monoisotopic (exact) mass is 386 g/mol. The van der Waals surface area contributed by atoms with Crippen molar-refractivity contribution >= 4 is 29.1 Å². The first-order valence-electron chi connectivity index (χ1n) is 8.76. The van der Waals surface area contributed by atoms with Crippen LogP contribution >= 0.6 is 23.2 Å². The summed E-state index contributed by atoms with van der Waals surface area (Å²) in [4.78, 5) is 14.9. The van der Waals surface area contributed by atoms with Crippen LogP contribution in [0.1, 0.15) is 30.9 Å². The highest BCUT2D eigenvalue weighted by Gasteiger charge is 2.50. The van der Waals surface area contributed by atoms with E-state index in [4.69, 9.17) is 33.7 Å². The minimum absolute atomic E-state index is 0.0227. The van der Waals surface area contributed by atoms with Crippen molar-refractivity contribution in [3.8, 4) is 0 Å². The molecule has 136 valence electrons. The Labute approximate surface area is 156 Å². The molecule has 2 aliphatic carbocycles. The first kappa shape index (κ1) is 17.5. The normalized spacial score (nSPS) is 34.6. The highest BCUT2D eigenvalue weighted by molar-refractivity contribution is 6.35. The van der Waals surface area contributed by atoms with Crippen molar-refractivity contribution in [2.75, 3.05) is 19.7 Å². The highest BCUT2D eigenvalue weighted by atomic mass is 35.5. The van der Waals surface area contributed by atoms with Gasteiger partial charge in [-0.3, -0.25) is 4.79 Å². The van der Waals surface area contributed by atoms with Crippen LogP contribution in [-0.2, 0) is 9.53 Å². The minimum Gasteiger partial charge on any atom is -0.370 e. The maximum absolute atomic E-state index is 13.8. The summed E-state index contributed by atoms with van der Waals surface area (Å²) < 4.78 is 19.6. The van der Waals surface area contributed by atoms with Crippen molar-refractivity contribution < 1.29 is 13.9 Å². The van der Waals surface area contributed by atoms with Crippen molar-refractivity contribution in [2.45, 2.75) is 31.4 Å². The molecule has 4 rings (SSSR count). The molecule has 5 atom stereocenters. The van der Waals surface area contributed by atoms with Gasteiger partial charge >= 0.3 is 0 Å². The van der Waals surface area contributed by atoms with Crippen LogP contribution in [0.3, 0.4) is 0 Å². The smallest absolute Gasteiger partial charge is 0.227 e. The third-order valence-electron chi connectivity index (χ3n) is 6.03. The summed E-state index contributed by atoms with van der Waals surface area (Å²) in [5.74, 6) is 0.373. The van der Waals surface area contributed by atoms with E-state index in [1.807, 2.05) is 4.90 Å². The topological polar surface area (TPSA) is 55.6 Å². The van der Waals surface area contributed by atoms with E-state index in [2.05, 4.69) is 0 Å². The fourth-order valence-corrected chi connectivity index (χ4v) is 5.24. The average molecular weight is 387 g/mol. The second kappa shape index (κ2) is 6.69. The Morgan fingerprint density at radius 3 is 2.72 bits per heavy atom. The van der Waals surface area contributed by atoms with Gasteiger partial charge in [0.25, 0.3) is 0 Å². The first-order valence-corrected chi connectivity index (χ1v) is 9.51. The third-order valence-corrected chi connectivity index (χ3v) is 6.65. The summed E-state index contributed by atoms with van der Waals surface area (Å²) in [5, 5.41) is 0.327. The number of benzene rings is 1. The summed E-state index contributed by atoms with van der Waals surface area (Å²) in [6.45, 7) is 1.29. The van der Waals surface area contributed by atoms with E-state index in [1.54, 1.807) is 0 Å². The number of nitrogens with two attached hydrogens (primary N) is 1. The molecule has 1 heterocycles. The molecule has 1 aromatic rings. The molecule has 2 N–H and O–H groups in total. The average Bonchev–Trinajstić information content (AvgIpc) is 3.19. The third kappa shape index (κ3) is 3.05. The van der Waals surface area contributed by atoms with Crippen molar-refractivity contribution in [3.05, 3.63) is 33.6 Å². The number of halogens is 3. The summed E-state index contributed by atoms with van der Waals surface area (Å²) in [5.41, 5.74) is 6.84. The molecule has 25 heavy (non-hydrogen) atoms. The molecule has 4 nitrogen and oxygen atoms in total. The Balaban J connectivity index is 1.52. The van der Waals surface area contributed by atoms with Crippen LogP contribution in [0.15, 0.2) is 12.1 Å². The van der Waals surface area contributed by atoms with Gasteiger partial charge in [0.05, 0.1) is 24.1 Å². The molecule has 3 fully saturated rings. The van der Waals surface area contributed by atoms with E-state index in [9.17, 15) is 9.18 Å². The second-order valence-corrected chi connectivity index (χ2v) is 8.18. The zero-order valence-corrected chi connectivity index (χ0v) is 15.3. The van der Waals surface area contributed by atoms with Gasteiger partial charge in [-0.1, -0.05) is 23.2 Å². The molecule has 0 spiro atoms. The number of nitrogens with zero attached hydrogens (tertiary/aromatic N) is 1. The van der Waals surface area contributed by atoms with Crippen molar-refractivity contribution in [3.63, 3.8) is 0 Å². The van der Waals surface area contributed by atoms with Gasteiger partial charge in [-0.2, -0.15) is 0 Å². The molecule has 3 aliphatic rings. The van der Waals surface area contributed by atoms with E-state index in [0.29, 0.717) is 42.1 Å². The second-order valence-electron chi connectivity index (χ2n) is 7.37. The molecule has 1 amide bonds. The van der Waals surface area contributed by atoms with Gasteiger partial charge in [-0.05, 0) is 43.2 Å². The number of hydrogen-bond donors (Lipinski definition) is 1. The molecule has 5 unspecified atom stereocenters. The lowest BCUT2D eigenvalue weighted by Crippen LogP contribution is -2.50. The zero-order chi connectivity index (χ0) is 17.7. The predicted molar refractivity (Wildman–Crippen MR) is 94.0 cm³/mol. The standard InChI is InChI=1S/C18H21Cl2FN2O2/c19-12-7-13(20)14(21)6-11(12)15-8-23(3-4-25-15)18(24)16-9-1-2-10(5-9)17(16)22/h6-7,9-10,15-17H,1-5,8,22H2. The van der Waals surface area contributed by atoms with Crippen LogP contribution in [0.4, 0.5) is 4.39 Å². The van der Waals surface area contributed by atoms with Crippen molar-refractivity contribution in [1.82, 2.24) is 4.90 Å². The maximum Gasteiger partial charge on any atom is 0.227 e. The molecule has 7 heteroatoms. The van der Waals surface area contributed by atoms with Crippen LogP contribution in [0.25, 0.3) is 0 Å². The number of amides is 1. The lowest BCUT2D eigenvalue weighted by atomic mass is 9.84. The van der Waals surface area contributed by atoms with Gasteiger partial charge in [0.2, 0.25) is 5.91 Å². The van der Waals surface area contributed by atoms with E-state index >= 15 is 0 Å². The first-order chi connectivity index (χ1) is 12.0. The number of fused-ring (bicyclic) bond motifs is 2. The number of morpholine rings is 1. The fraction of sp³-hybridized carbons (Fsp3) is 0.611. The zero-order valence-electron chi connectivity index (χ0n) is 13.8. The Morgan fingerprint density at radius 2 is 2.00 bits per heavy atom. The number of rotatable bonds is 2. The molecule has 2 saturated carbocycles. The molecule has 0 radical (unpaired) electrons. The Morgan fingerprint density at radius 1 is 1.24 bits per heavy atom. The van der Waals surface area contributed by atoms with Gasteiger partial charge < -0.3 is 15.4 Å². The number of carbonyl (C=O) groups is 1. The lowest BCUT2D eigenvalue weighted by Gasteiger charge is -2.38. The number of carbonyl (C=O) groups excluding carboxylic acids is 1. The molecule has 2 bridgehead atoms. The van der Waals surface area contributed by atoms with Gasteiger partial charge in [0.1, 0.15) is 11.9 Å². The van der Waals surface area contributed by atoms with E-state index in [-0.39, 0.29) is 22.9 Å². The Bertz CT molecular complexity index is 700.